The van der Waals surface area contributed by atoms with Gasteiger partial charge in [0.2, 0.25) is 0 Å². The number of aromatic amines is 1. The Hall–Kier alpha value is -4.28. The number of nitrogens with one attached hydrogen (secondary N) is 2. The first kappa shape index (κ1) is 19.9. The topological polar surface area (TPSA) is 40.3 Å². The molecular formula is C33H25N3O. The first-order valence-corrected chi connectivity index (χ1v) is 13.1. The number of H-pyrrole nitrogens is 1. The number of ether oxygens (including phenoxy) is 1. The molecule has 4 aliphatic rings. The van der Waals surface area contributed by atoms with Gasteiger partial charge in [-0.25, -0.2) is 0 Å². The van der Waals surface area contributed by atoms with Gasteiger partial charge in [0.15, 0.2) is 0 Å². The minimum Gasteiger partial charge on any atom is -0.376 e. The van der Waals surface area contributed by atoms with Crippen molar-refractivity contribution in [2.45, 2.75) is 24.1 Å². The summed E-state index contributed by atoms with van der Waals surface area (Å²) in [6, 6.07) is 29.1. The van der Waals surface area contributed by atoms with Crippen LogP contribution in [-0.2, 0) is 4.74 Å². The van der Waals surface area contributed by atoms with E-state index in [4.69, 9.17) is 4.74 Å². The zero-order valence-corrected chi connectivity index (χ0v) is 20.2. The van der Waals surface area contributed by atoms with Crippen LogP contribution in [-0.4, -0.2) is 23.7 Å². The number of rotatable bonds is 1. The highest BCUT2D eigenvalue weighted by Gasteiger charge is 2.44. The Morgan fingerprint density at radius 3 is 2.49 bits per heavy atom. The number of anilines is 3. The number of fused-ring (bicyclic) bond motifs is 13. The molecule has 0 radical (unpaired) electrons. The Morgan fingerprint density at radius 2 is 1.59 bits per heavy atom. The van der Waals surface area contributed by atoms with E-state index in [1.54, 1.807) is 0 Å². The van der Waals surface area contributed by atoms with Crippen molar-refractivity contribution in [3.8, 4) is 11.1 Å². The van der Waals surface area contributed by atoms with Gasteiger partial charge in [0.05, 0.1) is 18.7 Å². The molecular weight excluding hydrogens is 454 g/mol. The average molecular weight is 480 g/mol. The van der Waals surface area contributed by atoms with Crippen LogP contribution in [0.5, 0.6) is 0 Å². The third kappa shape index (κ3) is 2.55. The van der Waals surface area contributed by atoms with Gasteiger partial charge in [0, 0.05) is 61.5 Å². The van der Waals surface area contributed by atoms with E-state index in [1.165, 1.54) is 61.1 Å². The number of aromatic nitrogens is 1. The monoisotopic (exact) mass is 479 g/mol. The standard InChI is InChI=1S/C33H25N3O/c1-2-8-19(9-3-1)36-27-13-7-5-11-23(27)30-28(36)17-15-21-20-14-16-25-29(22-10-4-6-12-24(22)34-25)31(20)33-26(18-37-33)35-32(21)30/h1-17,23,26-27,33-35H,18H2. The molecule has 4 unspecified atom stereocenters. The van der Waals surface area contributed by atoms with Gasteiger partial charge < -0.3 is 19.9 Å². The number of allylic oxidation sites excluding steroid dienone is 2. The van der Waals surface area contributed by atoms with E-state index in [0.717, 1.165) is 6.61 Å². The van der Waals surface area contributed by atoms with Gasteiger partial charge in [-0.05, 0) is 35.9 Å². The quantitative estimate of drug-likeness (QED) is 0.260. The predicted octanol–water partition coefficient (Wildman–Crippen LogP) is 7.58. The van der Waals surface area contributed by atoms with E-state index in [0.29, 0.717) is 5.92 Å². The number of benzene rings is 4. The number of hydrogen-bond donors (Lipinski definition) is 2. The van der Waals surface area contributed by atoms with Crippen molar-refractivity contribution in [1.82, 2.24) is 4.98 Å². The van der Waals surface area contributed by atoms with Gasteiger partial charge in [-0.2, -0.15) is 0 Å². The number of hydrogen-bond acceptors (Lipinski definition) is 3. The summed E-state index contributed by atoms with van der Waals surface area (Å²) in [4.78, 5) is 6.14. The van der Waals surface area contributed by atoms with Crippen LogP contribution < -0.4 is 10.2 Å². The lowest BCUT2D eigenvalue weighted by Crippen LogP contribution is -2.43. The van der Waals surface area contributed by atoms with Gasteiger partial charge in [-0.1, -0.05) is 72.8 Å². The average Bonchev–Trinajstić information content (AvgIpc) is 3.45. The third-order valence-electron chi connectivity index (χ3n) is 8.69. The molecule has 4 aromatic carbocycles. The van der Waals surface area contributed by atoms with Gasteiger partial charge >= 0.3 is 0 Å². The van der Waals surface area contributed by atoms with Crippen molar-refractivity contribution < 1.29 is 4.74 Å². The molecule has 2 N–H and O–H groups in total. The van der Waals surface area contributed by atoms with Crippen LogP contribution in [0.3, 0.4) is 0 Å². The SMILES string of the molecule is C1=CC2c3c(ccc4c3NC3COC3c3c-4ccc4[nH]c5ccccc5c34)N(c3ccccc3)C2C=C1. The van der Waals surface area contributed by atoms with E-state index in [1.807, 2.05) is 0 Å². The second-order valence-electron chi connectivity index (χ2n) is 10.5. The molecule has 4 heteroatoms. The second kappa shape index (κ2) is 7.15. The summed E-state index contributed by atoms with van der Waals surface area (Å²) in [6.45, 7) is 0.720. The molecule has 0 spiro atoms. The lowest BCUT2D eigenvalue weighted by Gasteiger charge is -2.38. The fourth-order valence-corrected chi connectivity index (χ4v) is 7.08. The zero-order chi connectivity index (χ0) is 24.1. The maximum absolute atomic E-state index is 6.30. The van der Waals surface area contributed by atoms with Gasteiger partial charge in [-0.3, -0.25) is 0 Å². The fraction of sp³-hybridized carbons (Fsp3) is 0.152. The summed E-state index contributed by atoms with van der Waals surface area (Å²) in [5.74, 6) is 0.292. The normalized spacial score (nSPS) is 24.5. The van der Waals surface area contributed by atoms with Crippen LogP contribution in [0.2, 0.25) is 0 Å². The number of para-hydroxylation sites is 2. The molecule has 1 fully saturated rings. The molecule has 178 valence electrons. The smallest absolute Gasteiger partial charge is 0.106 e. The Kier molecular flexibility index (Phi) is 3.83. The summed E-state index contributed by atoms with van der Waals surface area (Å²) in [5, 5.41) is 6.56. The van der Waals surface area contributed by atoms with Crippen LogP contribution in [0, 0.1) is 0 Å². The van der Waals surface area contributed by atoms with E-state index < -0.39 is 0 Å². The number of nitrogens with zero attached hydrogens (tertiary/aromatic N) is 1. The maximum Gasteiger partial charge on any atom is 0.106 e. The van der Waals surface area contributed by atoms with E-state index in [9.17, 15) is 0 Å². The second-order valence-corrected chi connectivity index (χ2v) is 10.5. The molecule has 4 atom stereocenters. The lowest BCUT2D eigenvalue weighted by molar-refractivity contribution is -0.0651. The Labute approximate surface area is 214 Å². The van der Waals surface area contributed by atoms with Crippen molar-refractivity contribution in [2.24, 2.45) is 0 Å². The highest BCUT2D eigenvalue weighted by atomic mass is 16.5. The molecule has 5 aromatic rings. The molecule has 0 saturated carbocycles. The van der Waals surface area contributed by atoms with Crippen molar-refractivity contribution in [3.05, 3.63) is 114 Å². The summed E-state index contributed by atoms with van der Waals surface area (Å²) in [6.07, 6.45) is 9.14. The molecule has 0 bridgehead atoms. The first-order valence-electron chi connectivity index (χ1n) is 13.1. The first-order chi connectivity index (χ1) is 18.4. The van der Waals surface area contributed by atoms with E-state index in [2.05, 4.69) is 118 Å². The minimum absolute atomic E-state index is 0.0326. The van der Waals surface area contributed by atoms with Crippen molar-refractivity contribution in [2.75, 3.05) is 16.8 Å². The Morgan fingerprint density at radius 1 is 0.757 bits per heavy atom. The van der Waals surface area contributed by atoms with Gasteiger partial charge in [0.25, 0.3) is 0 Å². The Bertz CT molecular complexity index is 1800. The van der Waals surface area contributed by atoms with Gasteiger partial charge in [-0.15, -0.1) is 0 Å². The van der Waals surface area contributed by atoms with Crippen LogP contribution in [0.4, 0.5) is 17.1 Å². The Balaban J connectivity index is 1.34. The van der Waals surface area contributed by atoms with Crippen molar-refractivity contribution in [3.63, 3.8) is 0 Å². The van der Waals surface area contributed by atoms with Crippen LogP contribution in [0.25, 0.3) is 32.9 Å². The van der Waals surface area contributed by atoms with Crippen LogP contribution in [0.1, 0.15) is 23.1 Å². The molecule has 9 rings (SSSR count). The largest absolute Gasteiger partial charge is 0.376 e. The lowest BCUT2D eigenvalue weighted by atomic mass is 9.86. The van der Waals surface area contributed by atoms with E-state index >= 15 is 0 Å². The van der Waals surface area contributed by atoms with Crippen molar-refractivity contribution >= 4 is 38.9 Å². The fourth-order valence-electron chi connectivity index (χ4n) is 7.08. The molecule has 3 aliphatic heterocycles. The highest BCUT2D eigenvalue weighted by molar-refractivity contribution is 6.12. The summed E-state index contributed by atoms with van der Waals surface area (Å²) < 4.78 is 6.30. The molecule has 37 heavy (non-hydrogen) atoms. The van der Waals surface area contributed by atoms with Crippen molar-refractivity contribution in [1.29, 1.82) is 0 Å². The predicted molar refractivity (Wildman–Crippen MR) is 151 cm³/mol. The van der Waals surface area contributed by atoms with Gasteiger partial charge in [0.1, 0.15) is 6.10 Å². The molecule has 0 amide bonds. The molecule has 1 saturated heterocycles. The molecule has 1 aliphatic carbocycles. The summed E-state index contributed by atoms with van der Waals surface area (Å²) in [7, 11) is 0. The summed E-state index contributed by atoms with van der Waals surface area (Å²) >= 11 is 0. The highest BCUT2D eigenvalue weighted by Crippen LogP contribution is 2.56. The molecule has 4 heterocycles. The third-order valence-corrected chi connectivity index (χ3v) is 8.69. The maximum atomic E-state index is 6.30. The van der Waals surface area contributed by atoms with Crippen LogP contribution >= 0.6 is 0 Å². The minimum atomic E-state index is 0.0326. The van der Waals surface area contributed by atoms with Crippen LogP contribution in [0.15, 0.2) is 103 Å². The molecule has 1 aromatic heterocycles. The summed E-state index contributed by atoms with van der Waals surface area (Å²) in [5.41, 5.74) is 11.4. The van der Waals surface area contributed by atoms with E-state index in [-0.39, 0.29) is 18.2 Å². The zero-order valence-electron chi connectivity index (χ0n) is 20.2. The molecule has 4 nitrogen and oxygen atoms in total.